The second-order valence-corrected chi connectivity index (χ2v) is 3.55. The lowest BCUT2D eigenvalue weighted by Crippen LogP contribution is -2.36. The molecule has 0 aliphatic carbocycles. The number of hydrogen-bond acceptors (Lipinski definition) is 2. The van der Waals surface area contributed by atoms with Crippen LogP contribution in [-0.4, -0.2) is 19.3 Å². The Labute approximate surface area is 63.7 Å². The van der Waals surface area contributed by atoms with E-state index in [0.29, 0.717) is 6.54 Å². The SMILES string of the molecule is CCOC(CN)C(C)(C)C. The first-order valence-electron chi connectivity index (χ1n) is 3.84. The van der Waals surface area contributed by atoms with Gasteiger partial charge in [-0.1, -0.05) is 20.8 Å². The van der Waals surface area contributed by atoms with E-state index in [-0.39, 0.29) is 11.5 Å². The maximum absolute atomic E-state index is 5.52. The third-order valence-electron chi connectivity index (χ3n) is 1.55. The minimum atomic E-state index is 0.171. The number of ether oxygens (including phenoxy) is 1. The molecule has 0 aromatic rings. The van der Waals surface area contributed by atoms with E-state index in [1.165, 1.54) is 0 Å². The Morgan fingerprint density at radius 3 is 2.00 bits per heavy atom. The summed E-state index contributed by atoms with van der Waals surface area (Å²) < 4.78 is 5.43. The van der Waals surface area contributed by atoms with E-state index >= 15 is 0 Å². The van der Waals surface area contributed by atoms with Gasteiger partial charge in [-0.25, -0.2) is 0 Å². The van der Waals surface area contributed by atoms with Crippen molar-refractivity contribution in [2.75, 3.05) is 13.2 Å². The fraction of sp³-hybridized carbons (Fsp3) is 1.00. The minimum Gasteiger partial charge on any atom is -0.377 e. The van der Waals surface area contributed by atoms with Crippen LogP contribution in [0.4, 0.5) is 0 Å². The highest BCUT2D eigenvalue weighted by Crippen LogP contribution is 2.20. The molecule has 0 saturated heterocycles. The van der Waals surface area contributed by atoms with Crippen LogP contribution in [0, 0.1) is 5.41 Å². The van der Waals surface area contributed by atoms with Gasteiger partial charge < -0.3 is 10.5 Å². The van der Waals surface area contributed by atoms with Crippen LogP contribution < -0.4 is 5.73 Å². The molecule has 0 aromatic heterocycles. The van der Waals surface area contributed by atoms with Gasteiger partial charge in [-0.2, -0.15) is 0 Å². The fourth-order valence-corrected chi connectivity index (χ4v) is 0.873. The predicted molar refractivity (Wildman–Crippen MR) is 43.9 cm³/mol. The van der Waals surface area contributed by atoms with E-state index < -0.39 is 0 Å². The van der Waals surface area contributed by atoms with Crippen molar-refractivity contribution in [2.45, 2.75) is 33.8 Å². The third kappa shape index (κ3) is 3.18. The van der Waals surface area contributed by atoms with E-state index in [1.54, 1.807) is 0 Å². The molecule has 0 aromatic carbocycles. The number of hydrogen-bond donors (Lipinski definition) is 1. The fourth-order valence-electron chi connectivity index (χ4n) is 0.873. The van der Waals surface area contributed by atoms with Gasteiger partial charge in [-0.05, 0) is 12.3 Å². The summed E-state index contributed by atoms with van der Waals surface area (Å²) in [6.45, 7) is 9.77. The molecule has 0 rings (SSSR count). The molecule has 0 aliphatic rings. The van der Waals surface area contributed by atoms with Crippen LogP contribution in [0.3, 0.4) is 0 Å². The zero-order chi connectivity index (χ0) is 8.20. The molecule has 0 heterocycles. The van der Waals surface area contributed by atoms with Gasteiger partial charge in [0.05, 0.1) is 6.10 Å². The van der Waals surface area contributed by atoms with Gasteiger partial charge in [0.15, 0.2) is 0 Å². The van der Waals surface area contributed by atoms with Crippen molar-refractivity contribution in [1.82, 2.24) is 0 Å². The average molecular weight is 145 g/mol. The minimum absolute atomic E-state index is 0.171. The third-order valence-corrected chi connectivity index (χ3v) is 1.55. The molecule has 10 heavy (non-hydrogen) atoms. The molecule has 1 unspecified atom stereocenters. The van der Waals surface area contributed by atoms with Crippen LogP contribution in [0.5, 0.6) is 0 Å². The maximum Gasteiger partial charge on any atom is 0.0745 e. The molecule has 2 heteroatoms. The van der Waals surface area contributed by atoms with Gasteiger partial charge in [0.1, 0.15) is 0 Å². The Morgan fingerprint density at radius 1 is 1.40 bits per heavy atom. The first-order valence-corrected chi connectivity index (χ1v) is 3.84. The largest absolute Gasteiger partial charge is 0.377 e. The number of nitrogens with two attached hydrogens (primary N) is 1. The van der Waals surface area contributed by atoms with E-state index in [4.69, 9.17) is 10.5 Å². The summed E-state index contributed by atoms with van der Waals surface area (Å²) in [5.41, 5.74) is 5.69. The van der Waals surface area contributed by atoms with Gasteiger partial charge in [0, 0.05) is 13.2 Å². The predicted octanol–water partition coefficient (Wildman–Crippen LogP) is 1.40. The highest BCUT2D eigenvalue weighted by Gasteiger charge is 2.22. The van der Waals surface area contributed by atoms with Crippen LogP contribution in [0.1, 0.15) is 27.7 Å². The Kier molecular flexibility index (Phi) is 3.91. The van der Waals surface area contributed by atoms with Crippen LogP contribution in [0.15, 0.2) is 0 Å². The molecule has 0 saturated carbocycles. The van der Waals surface area contributed by atoms with E-state index in [0.717, 1.165) is 6.61 Å². The molecule has 2 N–H and O–H groups in total. The standard InChI is InChI=1S/C8H19NO/c1-5-10-7(6-9)8(2,3)4/h7H,5-6,9H2,1-4H3. The summed E-state index contributed by atoms with van der Waals surface area (Å²) in [6.07, 6.45) is 0.192. The molecule has 1 atom stereocenters. The molecule has 0 bridgehead atoms. The van der Waals surface area contributed by atoms with Crippen molar-refractivity contribution in [3.05, 3.63) is 0 Å². The molecule has 0 radical (unpaired) electrons. The van der Waals surface area contributed by atoms with Gasteiger partial charge in [0.2, 0.25) is 0 Å². The first kappa shape index (κ1) is 9.92. The second-order valence-electron chi connectivity index (χ2n) is 3.55. The van der Waals surface area contributed by atoms with Crippen LogP contribution in [0.25, 0.3) is 0 Å². The molecular formula is C8H19NO. The van der Waals surface area contributed by atoms with Crippen LogP contribution >= 0.6 is 0 Å². The Balaban J connectivity index is 3.81. The lowest BCUT2D eigenvalue weighted by atomic mass is 9.89. The van der Waals surface area contributed by atoms with Crippen molar-refractivity contribution in [1.29, 1.82) is 0 Å². The quantitative estimate of drug-likeness (QED) is 0.651. The van der Waals surface area contributed by atoms with Crippen molar-refractivity contribution in [2.24, 2.45) is 11.1 Å². The zero-order valence-corrected chi connectivity index (χ0v) is 7.48. The topological polar surface area (TPSA) is 35.2 Å². The lowest BCUT2D eigenvalue weighted by molar-refractivity contribution is -0.00449. The Morgan fingerprint density at radius 2 is 1.90 bits per heavy atom. The molecule has 0 aliphatic heterocycles. The summed E-state index contributed by atoms with van der Waals surface area (Å²) in [6, 6.07) is 0. The highest BCUT2D eigenvalue weighted by molar-refractivity contribution is 4.74. The van der Waals surface area contributed by atoms with E-state index in [1.807, 2.05) is 6.92 Å². The van der Waals surface area contributed by atoms with Gasteiger partial charge >= 0.3 is 0 Å². The van der Waals surface area contributed by atoms with E-state index in [2.05, 4.69) is 20.8 Å². The summed E-state index contributed by atoms with van der Waals surface area (Å²) in [4.78, 5) is 0. The van der Waals surface area contributed by atoms with Crippen molar-refractivity contribution in [3.63, 3.8) is 0 Å². The van der Waals surface area contributed by atoms with Crippen LogP contribution in [0.2, 0.25) is 0 Å². The Hall–Kier alpha value is -0.0800. The van der Waals surface area contributed by atoms with Crippen molar-refractivity contribution >= 4 is 0 Å². The average Bonchev–Trinajstić information content (AvgIpc) is 1.80. The Bertz CT molecular complexity index is 85.7. The summed E-state index contributed by atoms with van der Waals surface area (Å²) in [7, 11) is 0. The first-order chi connectivity index (χ1) is 4.52. The molecule has 0 amide bonds. The summed E-state index contributed by atoms with van der Waals surface area (Å²) in [5, 5.41) is 0. The molecular weight excluding hydrogens is 126 g/mol. The molecule has 0 spiro atoms. The van der Waals surface area contributed by atoms with Crippen molar-refractivity contribution in [3.8, 4) is 0 Å². The van der Waals surface area contributed by atoms with Crippen molar-refractivity contribution < 1.29 is 4.74 Å². The second kappa shape index (κ2) is 3.94. The van der Waals surface area contributed by atoms with Gasteiger partial charge in [0.25, 0.3) is 0 Å². The van der Waals surface area contributed by atoms with Gasteiger partial charge in [-0.15, -0.1) is 0 Å². The normalized spacial score (nSPS) is 15.3. The number of rotatable bonds is 3. The van der Waals surface area contributed by atoms with Gasteiger partial charge in [-0.3, -0.25) is 0 Å². The zero-order valence-electron chi connectivity index (χ0n) is 7.48. The smallest absolute Gasteiger partial charge is 0.0745 e. The van der Waals surface area contributed by atoms with E-state index in [9.17, 15) is 0 Å². The molecule has 62 valence electrons. The van der Waals surface area contributed by atoms with Crippen LogP contribution in [-0.2, 0) is 4.74 Å². The molecule has 0 fully saturated rings. The summed E-state index contributed by atoms with van der Waals surface area (Å²) >= 11 is 0. The lowest BCUT2D eigenvalue weighted by Gasteiger charge is -2.28. The monoisotopic (exact) mass is 145 g/mol. The highest BCUT2D eigenvalue weighted by atomic mass is 16.5. The summed E-state index contributed by atoms with van der Waals surface area (Å²) in [5.74, 6) is 0. The molecule has 2 nitrogen and oxygen atoms in total. The maximum atomic E-state index is 5.52.